The molecule has 0 aliphatic carbocycles. The molecule has 0 aromatic rings. The molecule has 0 saturated carbocycles. The minimum Gasteiger partial charge on any atom is -0.458 e. The van der Waals surface area contributed by atoms with Crippen molar-refractivity contribution in [3.8, 4) is 0 Å². The Bertz CT molecular complexity index is 545. The third-order valence-corrected chi connectivity index (χ3v) is 6.83. The molecule has 1 rings (SSSR count). The van der Waals surface area contributed by atoms with Crippen molar-refractivity contribution in [2.75, 3.05) is 38.9 Å². The summed E-state index contributed by atoms with van der Waals surface area (Å²) in [6.45, 7) is 11.7. The van der Waals surface area contributed by atoms with Gasteiger partial charge >= 0.3 is 11.9 Å². The van der Waals surface area contributed by atoms with Crippen LogP contribution in [-0.4, -0.2) is 71.9 Å². The van der Waals surface area contributed by atoms with Crippen molar-refractivity contribution in [2.45, 2.75) is 76.1 Å². The van der Waals surface area contributed by atoms with Crippen LogP contribution in [0.5, 0.6) is 0 Å². The normalized spacial score (nSPS) is 16.1. The average Bonchev–Trinajstić information content (AvgIpc) is 2.63. The summed E-state index contributed by atoms with van der Waals surface area (Å²) < 4.78 is 19.7. The van der Waals surface area contributed by atoms with Gasteiger partial charge in [0.05, 0.1) is 6.61 Å². The number of Topliss-reactive ketones (excluding diaryl/α,β-unsaturated/α-hetero) is 1. The summed E-state index contributed by atoms with van der Waals surface area (Å²) in [6.07, 6.45) is 1.95. The highest BCUT2D eigenvalue weighted by Gasteiger charge is 2.44. The van der Waals surface area contributed by atoms with E-state index < -0.39 is 27.0 Å². The number of thioether (sulfide) groups is 2. The monoisotopic (exact) mass is 466 g/mol. The number of ether oxygens (including phenoxy) is 4. The van der Waals surface area contributed by atoms with Gasteiger partial charge in [0.1, 0.15) is 11.2 Å². The number of hydrogen-bond acceptors (Lipinski definition) is 9. The van der Waals surface area contributed by atoms with Crippen molar-refractivity contribution in [3.05, 3.63) is 0 Å². The van der Waals surface area contributed by atoms with E-state index in [-0.39, 0.29) is 19.0 Å². The van der Waals surface area contributed by atoms with Crippen LogP contribution in [0.2, 0.25) is 0 Å². The maximum Gasteiger partial charge on any atom is 0.375 e. The Balaban J connectivity index is 0.000000584. The zero-order valence-corrected chi connectivity index (χ0v) is 21.3. The molecule has 0 aromatic carbocycles. The van der Waals surface area contributed by atoms with Gasteiger partial charge in [-0.2, -0.15) is 0 Å². The van der Waals surface area contributed by atoms with Crippen LogP contribution >= 0.6 is 23.5 Å². The summed E-state index contributed by atoms with van der Waals surface area (Å²) in [5.74, 6) is 0.615. The predicted molar refractivity (Wildman–Crippen MR) is 122 cm³/mol. The summed E-state index contributed by atoms with van der Waals surface area (Å²) in [6, 6.07) is 0. The molecule has 0 N–H and O–H groups in total. The van der Waals surface area contributed by atoms with Crippen molar-refractivity contribution < 1.29 is 33.3 Å². The average molecular weight is 467 g/mol. The lowest BCUT2D eigenvalue weighted by Crippen LogP contribution is -2.41. The Morgan fingerprint density at radius 3 is 1.77 bits per heavy atom. The van der Waals surface area contributed by atoms with E-state index in [0.29, 0.717) is 13.0 Å². The molecule has 176 valence electrons. The summed E-state index contributed by atoms with van der Waals surface area (Å²) in [5, 5.41) is 0. The number of ketones is 1. The van der Waals surface area contributed by atoms with Crippen LogP contribution in [0.3, 0.4) is 0 Å². The molecule has 7 nitrogen and oxygen atoms in total. The van der Waals surface area contributed by atoms with Crippen molar-refractivity contribution in [2.24, 2.45) is 0 Å². The fourth-order valence-corrected chi connectivity index (χ4v) is 5.19. The number of carbonyl (C=O) groups excluding carboxylic acids is 3. The molecule has 1 heterocycles. The van der Waals surface area contributed by atoms with Gasteiger partial charge in [-0.1, -0.05) is 0 Å². The van der Waals surface area contributed by atoms with Crippen LogP contribution in [0.4, 0.5) is 0 Å². The summed E-state index contributed by atoms with van der Waals surface area (Å²) in [7, 11) is 3.14. The molecule has 1 aliphatic heterocycles. The smallest absolute Gasteiger partial charge is 0.375 e. The van der Waals surface area contributed by atoms with Gasteiger partial charge in [0.25, 0.3) is 0 Å². The number of hydrogen-bond donors (Lipinski definition) is 0. The van der Waals surface area contributed by atoms with E-state index in [9.17, 15) is 14.4 Å². The highest BCUT2D eigenvalue weighted by Crippen LogP contribution is 2.46. The molecule has 1 fully saturated rings. The number of methoxy groups -OCH3 is 2. The SMILES string of the molecule is COCCC(=O)C(=O)OC(C)(C)C.COCCC1(C(=O)OC(C)(C)C)SCCCS1. The maximum atomic E-state index is 12.3. The van der Waals surface area contributed by atoms with Gasteiger partial charge in [-0.05, 0) is 59.5 Å². The van der Waals surface area contributed by atoms with Gasteiger partial charge < -0.3 is 18.9 Å². The van der Waals surface area contributed by atoms with Crippen molar-refractivity contribution in [3.63, 3.8) is 0 Å². The summed E-state index contributed by atoms with van der Waals surface area (Å²) in [5.41, 5.74) is -1.03. The van der Waals surface area contributed by atoms with Crippen LogP contribution in [0, 0.1) is 0 Å². The molecule has 0 unspecified atom stereocenters. The Morgan fingerprint density at radius 2 is 1.33 bits per heavy atom. The van der Waals surface area contributed by atoms with E-state index in [2.05, 4.69) is 4.74 Å². The molecule has 0 aromatic heterocycles. The van der Waals surface area contributed by atoms with Crippen LogP contribution < -0.4 is 0 Å². The van der Waals surface area contributed by atoms with Crippen molar-refractivity contribution in [1.82, 2.24) is 0 Å². The molecule has 1 saturated heterocycles. The first-order chi connectivity index (χ1) is 13.8. The molecular weight excluding hydrogens is 428 g/mol. The van der Waals surface area contributed by atoms with Crippen LogP contribution in [0.25, 0.3) is 0 Å². The van der Waals surface area contributed by atoms with E-state index in [4.69, 9.17) is 14.2 Å². The van der Waals surface area contributed by atoms with Gasteiger partial charge in [-0.3, -0.25) is 4.79 Å². The van der Waals surface area contributed by atoms with E-state index in [1.165, 1.54) is 7.11 Å². The van der Waals surface area contributed by atoms with Gasteiger partial charge in [0, 0.05) is 33.7 Å². The lowest BCUT2D eigenvalue weighted by Gasteiger charge is -2.35. The van der Waals surface area contributed by atoms with Crippen LogP contribution in [0.1, 0.15) is 60.8 Å². The molecule has 1 aliphatic rings. The summed E-state index contributed by atoms with van der Waals surface area (Å²) >= 11 is 3.42. The third-order valence-electron chi connectivity index (χ3n) is 3.46. The first-order valence-corrected chi connectivity index (χ1v) is 12.0. The van der Waals surface area contributed by atoms with E-state index in [0.717, 1.165) is 17.9 Å². The quantitative estimate of drug-likeness (QED) is 0.391. The molecule has 9 heteroatoms. The fourth-order valence-electron chi connectivity index (χ4n) is 2.16. The van der Waals surface area contributed by atoms with Gasteiger partial charge in [-0.25, -0.2) is 9.59 Å². The third kappa shape index (κ3) is 12.8. The standard InChI is InChI=1S/C12H22O3S2.C9H16O4/c1-11(2,3)15-10(13)12(6-7-14-4)16-8-5-9-17-12;1-9(2,3)13-8(11)7(10)5-6-12-4/h5-9H2,1-4H3;5-6H2,1-4H3. The molecule has 0 amide bonds. The van der Waals surface area contributed by atoms with Crippen molar-refractivity contribution >= 4 is 41.2 Å². The Labute approximate surface area is 189 Å². The molecule has 30 heavy (non-hydrogen) atoms. The Hall–Kier alpha value is -0.770. The van der Waals surface area contributed by atoms with E-state index in [1.54, 1.807) is 51.4 Å². The minimum atomic E-state index is -0.787. The highest BCUT2D eigenvalue weighted by atomic mass is 32.2. The second kappa shape index (κ2) is 13.6. The molecule has 0 radical (unpaired) electrons. The molecule has 0 spiro atoms. The zero-order chi connectivity index (χ0) is 23.4. The second-order valence-corrected chi connectivity index (χ2v) is 11.8. The van der Waals surface area contributed by atoms with Crippen LogP contribution in [0.15, 0.2) is 0 Å². The topological polar surface area (TPSA) is 88.1 Å². The first-order valence-electron chi connectivity index (χ1n) is 10.0. The Morgan fingerprint density at radius 1 is 0.833 bits per heavy atom. The zero-order valence-electron chi connectivity index (χ0n) is 19.6. The molecule has 0 atom stereocenters. The number of esters is 2. The predicted octanol–water partition coefficient (Wildman–Crippen LogP) is 3.86. The van der Waals surface area contributed by atoms with Gasteiger partial charge in [0.2, 0.25) is 5.78 Å². The lowest BCUT2D eigenvalue weighted by molar-refractivity contribution is -0.162. The van der Waals surface area contributed by atoms with Gasteiger partial charge in [-0.15, -0.1) is 23.5 Å². The molecular formula is C21H38O7S2. The van der Waals surface area contributed by atoms with E-state index >= 15 is 0 Å². The summed E-state index contributed by atoms with van der Waals surface area (Å²) in [4.78, 5) is 34.4. The minimum absolute atomic E-state index is 0.0748. The fraction of sp³-hybridized carbons (Fsp3) is 0.857. The lowest BCUT2D eigenvalue weighted by atomic mass is 10.2. The maximum absolute atomic E-state index is 12.3. The largest absolute Gasteiger partial charge is 0.458 e. The molecule has 0 bridgehead atoms. The highest BCUT2D eigenvalue weighted by molar-refractivity contribution is 8.19. The Kier molecular flexibility index (Phi) is 13.3. The van der Waals surface area contributed by atoms with Gasteiger partial charge in [0.15, 0.2) is 4.08 Å². The van der Waals surface area contributed by atoms with Crippen LogP contribution in [-0.2, 0) is 33.3 Å². The van der Waals surface area contributed by atoms with E-state index in [1.807, 2.05) is 20.8 Å². The van der Waals surface area contributed by atoms with Crippen molar-refractivity contribution in [1.29, 1.82) is 0 Å². The first kappa shape index (κ1) is 29.2. The number of rotatable bonds is 8. The second-order valence-electron chi connectivity index (χ2n) is 8.72. The number of carbonyl (C=O) groups is 3.